The van der Waals surface area contributed by atoms with Crippen molar-refractivity contribution in [3.63, 3.8) is 0 Å². The highest BCUT2D eigenvalue weighted by molar-refractivity contribution is 7.92. The maximum Gasteiger partial charge on any atom is 0.235 e. The number of hydrogen-bond acceptors (Lipinski definition) is 5. The maximum atomic E-state index is 13.2. The van der Waals surface area contributed by atoms with Gasteiger partial charge in [0.05, 0.1) is 17.5 Å². The number of ether oxygens (including phenoxy) is 1. The molecule has 0 bridgehead atoms. The molecule has 8 heteroatoms. The van der Waals surface area contributed by atoms with Crippen molar-refractivity contribution < 1.29 is 13.2 Å². The van der Waals surface area contributed by atoms with Crippen LogP contribution in [0.3, 0.4) is 0 Å². The van der Waals surface area contributed by atoms with Gasteiger partial charge in [-0.2, -0.15) is 0 Å². The molecule has 1 saturated heterocycles. The molecule has 5 rings (SSSR count). The number of fused-ring (bicyclic) bond motifs is 2. The summed E-state index contributed by atoms with van der Waals surface area (Å²) < 4.78 is 34.0. The molecule has 2 aliphatic rings. The van der Waals surface area contributed by atoms with E-state index in [1.807, 2.05) is 54.6 Å². The number of anilines is 1. The summed E-state index contributed by atoms with van der Waals surface area (Å²) in [5.41, 5.74) is 8.93. The summed E-state index contributed by atoms with van der Waals surface area (Å²) in [6.07, 6.45) is 1.69. The van der Waals surface area contributed by atoms with Crippen LogP contribution in [0.25, 0.3) is 10.8 Å². The number of nitrogen functional groups attached to an aromatic ring is 1. The highest BCUT2D eigenvalue weighted by Crippen LogP contribution is 2.44. The zero-order valence-electron chi connectivity index (χ0n) is 18.5. The van der Waals surface area contributed by atoms with Gasteiger partial charge in [-0.25, -0.2) is 8.42 Å². The van der Waals surface area contributed by atoms with E-state index in [0.717, 1.165) is 52.8 Å². The van der Waals surface area contributed by atoms with Crippen LogP contribution in [0.2, 0.25) is 0 Å². The lowest BCUT2D eigenvalue weighted by Crippen LogP contribution is -2.33. The number of nitrogens with two attached hydrogens (primary N) is 1. The summed E-state index contributed by atoms with van der Waals surface area (Å²) in [5.74, 6) is 0.814. The fourth-order valence-corrected chi connectivity index (χ4v) is 6.11. The standard InChI is InChI=1S/C25H28N4O3S/c1-2-33(30,31)29-23-8-7-21(32-22-9-10-28-15-22)13-20(23)14-24(29)17-5-3-16-4-6-18(25(26)27)12-19(16)11-17/h3-8,11-13,22,24,28H,2,9-10,14-15H2,1H3,(H3,26,27)/t22-,24-/m1/s1. The second-order valence-electron chi connectivity index (χ2n) is 8.67. The molecule has 0 radical (unpaired) electrons. The van der Waals surface area contributed by atoms with Crippen LogP contribution < -0.4 is 20.1 Å². The lowest BCUT2D eigenvalue weighted by atomic mass is 9.98. The molecule has 7 nitrogen and oxygen atoms in total. The number of rotatable bonds is 6. The first kappa shape index (κ1) is 21.7. The van der Waals surface area contributed by atoms with E-state index in [0.29, 0.717) is 12.0 Å². The van der Waals surface area contributed by atoms with E-state index in [1.165, 1.54) is 0 Å². The summed E-state index contributed by atoms with van der Waals surface area (Å²) in [4.78, 5) is 0. The van der Waals surface area contributed by atoms with E-state index in [4.69, 9.17) is 15.9 Å². The number of sulfonamides is 1. The quantitative estimate of drug-likeness (QED) is 0.383. The van der Waals surface area contributed by atoms with Gasteiger partial charge >= 0.3 is 0 Å². The van der Waals surface area contributed by atoms with Crippen LogP contribution in [0, 0.1) is 5.41 Å². The third-order valence-corrected chi connectivity index (χ3v) is 8.31. The Balaban J connectivity index is 1.54. The van der Waals surface area contributed by atoms with Gasteiger partial charge in [0.25, 0.3) is 0 Å². The Hall–Kier alpha value is -3.10. The van der Waals surface area contributed by atoms with Crippen LogP contribution in [-0.2, 0) is 16.4 Å². The molecule has 0 saturated carbocycles. The van der Waals surface area contributed by atoms with Crippen molar-refractivity contribution in [3.8, 4) is 5.75 Å². The average molecular weight is 465 g/mol. The predicted octanol–water partition coefficient (Wildman–Crippen LogP) is 3.32. The Morgan fingerprint density at radius 1 is 1.15 bits per heavy atom. The van der Waals surface area contributed by atoms with Gasteiger partial charge in [-0.1, -0.05) is 24.3 Å². The van der Waals surface area contributed by atoms with E-state index in [9.17, 15) is 8.42 Å². The van der Waals surface area contributed by atoms with Gasteiger partial charge in [0.2, 0.25) is 10.0 Å². The Kier molecular flexibility index (Phi) is 5.50. The van der Waals surface area contributed by atoms with Crippen molar-refractivity contribution in [1.29, 1.82) is 5.41 Å². The Morgan fingerprint density at radius 3 is 2.70 bits per heavy atom. The summed E-state index contributed by atoms with van der Waals surface area (Å²) in [6, 6.07) is 17.0. The summed E-state index contributed by atoms with van der Waals surface area (Å²) >= 11 is 0. The van der Waals surface area contributed by atoms with Crippen LogP contribution in [0.5, 0.6) is 5.75 Å². The first-order chi connectivity index (χ1) is 15.9. The lowest BCUT2D eigenvalue weighted by Gasteiger charge is -2.27. The number of amidine groups is 1. The van der Waals surface area contributed by atoms with Gasteiger partial charge in [0, 0.05) is 18.5 Å². The van der Waals surface area contributed by atoms with E-state index >= 15 is 0 Å². The molecule has 0 amide bonds. The van der Waals surface area contributed by atoms with E-state index in [2.05, 4.69) is 5.32 Å². The molecule has 3 aromatic rings. The molecule has 2 aliphatic heterocycles. The van der Waals surface area contributed by atoms with Crippen molar-refractivity contribution in [2.75, 3.05) is 23.1 Å². The molecule has 0 unspecified atom stereocenters. The first-order valence-electron chi connectivity index (χ1n) is 11.3. The molecule has 2 atom stereocenters. The van der Waals surface area contributed by atoms with Gasteiger partial charge in [0.1, 0.15) is 17.7 Å². The van der Waals surface area contributed by atoms with Crippen LogP contribution >= 0.6 is 0 Å². The van der Waals surface area contributed by atoms with Crippen LogP contribution in [0.15, 0.2) is 54.6 Å². The third kappa shape index (κ3) is 4.05. The molecule has 0 aromatic heterocycles. The summed E-state index contributed by atoms with van der Waals surface area (Å²) in [5, 5.41) is 13.0. The summed E-state index contributed by atoms with van der Waals surface area (Å²) in [7, 11) is -3.49. The number of hydrogen-bond donors (Lipinski definition) is 3. The van der Waals surface area contributed by atoms with Gasteiger partial charge in [-0.05, 0) is 72.1 Å². The van der Waals surface area contributed by atoms with Crippen molar-refractivity contribution in [1.82, 2.24) is 5.32 Å². The number of benzene rings is 3. The van der Waals surface area contributed by atoms with Gasteiger partial charge in [0.15, 0.2) is 0 Å². The van der Waals surface area contributed by atoms with Crippen LogP contribution in [0.1, 0.15) is 36.1 Å². The maximum absolute atomic E-state index is 13.2. The minimum atomic E-state index is -3.49. The molecular formula is C25H28N4O3S. The highest BCUT2D eigenvalue weighted by Gasteiger charge is 2.38. The molecule has 172 valence electrons. The Labute approximate surface area is 194 Å². The molecule has 1 fully saturated rings. The monoisotopic (exact) mass is 464 g/mol. The summed E-state index contributed by atoms with van der Waals surface area (Å²) in [6.45, 7) is 3.46. The number of nitrogens with one attached hydrogen (secondary N) is 2. The molecule has 2 heterocycles. The zero-order chi connectivity index (χ0) is 23.2. The normalized spacial score (nSPS) is 20.2. The molecule has 0 spiro atoms. The number of nitrogens with zero attached hydrogens (tertiary/aromatic N) is 1. The molecule has 4 N–H and O–H groups in total. The minimum absolute atomic E-state index is 0.00996. The smallest absolute Gasteiger partial charge is 0.235 e. The highest BCUT2D eigenvalue weighted by atomic mass is 32.2. The molecule has 33 heavy (non-hydrogen) atoms. The van der Waals surface area contributed by atoms with E-state index < -0.39 is 10.0 Å². The Bertz CT molecular complexity index is 1330. The Morgan fingerprint density at radius 2 is 1.97 bits per heavy atom. The topological polar surface area (TPSA) is 109 Å². The van der Waals surface area contributed by atoms with Crippen molar-refractivity contribution in [2.24, 2.45) is 5.73 Å². The van der Waals surface area contributed by atoms with Crippen LogP contribution in [-0.4, -0.2) is 39.2 Å². The van der Waals surface area contributed by atoms with E-state index in [-0.39, 0.29) is 23.7 Å². The minimum Gasteiger partial charge on any atom is -0.489 e. The van der Waals surface area contributed by atoms with Gasteiger partial charge in [-0.3, -0.25) is 9.71 Å². The van der Waals surface area contributed by atoms with Crippen LogP contribution in [0.4, 0.5) is 5.69 Å². The SMILES string of the molecule is CCS(=O)(=O)N1c2ccc(O[C@@H]3CCNC3)cc2C[C@@H]1c1ccc2ccc(C(=N)N)cc2c1. The predicted molar refractivity (Wildman–Crippen MR) is 132 cm³/mol. The first-order valence-corrected chi connectivity index (χ1v) is 12.9. The fraction of sp³-hybridized carbons (Fsp3) is 0.320. The van der Waals surface area contributed by atoms with Gasteiger partial charge < -0.3 is 15.8 Å². The third-order valence-electron chi connectivity index (χ3n) is 6.53. The fourth-order valence-electron chi connectivity index (χ4n) is 4.77. The lowest BCUT2D eigenvalue weighted by molar-refractivity contribution is 0.223. The van der Waals surface area contributed by atoms with E-state index in [1.54, 1.807) is 11.2 Å². The molecular weight excluding hydrogens is 436 g/mol. The molecule has 3 aromatic carbocycles. The second-order valence-corrected chi connectivity index (χ2v) is 10.8. The second kappa shape index (κ2) is 8.35. The largest absolute Gasteiger partial charge is 0.489 e. The van der Waals surface area contributed by atoms with Crippen molar-refractivity contribution >= 4 is 32.3 Å². The van der Waals surface area contributed by atoms with Crippen molar-refractivity contribution in [2.45, 2.75) is 31.9 Å². The van der Waals surface area contributed by atoms with Gasteiger partial charge in [-0.15, -0.1) is 0 Å². The van der Waals surface area contributed by atoms with Crippen molar-refractivity contribution in [3.05, 3.63) is 71.3 Å². The average Bonchev–Trinajstić information content (AvgIpc) is 3.46. The molecule has 0 aliphatic carbocycles. The zero-order valence-corrected chi connectivity index (χ0v) is 19.4.